The third kappa shape index (κ3) is 3.70. The van der Waals surface area contributed by atoms with E-state index in [9.17, 15) is 18.5 Å². The third-order valence-corrected chi connectivity index (χ3v) is 4.36. The van der Waals surface area contributed by atoms with Crippen LogP contribution in [-0.4, -0.2) is 43.8 Å². The minimum Gasteiger partial charge on any atom is -0.329 e. The van der Waals surface area contributed by atoms with E-state index in [2.05, 4.69) is 0 Å². The van der Waals surface area contributed by atoms with E-state index < -0.39 is 14.9 Å². The Labute approximate surface area is 111 Å². The van der Waals surface area contributed by atoms with Crippen LogP contribution < -0.4 is 11.5 Å². The van der Waals surface area contributed by atoms with Crippen molar-refractivity contribution >= 4 is 15.7 Å². The van der Waals surface area contributed by atoms with Crippen molar-refractivity contribution in [3.8, 4) is 0 Å². The van der Waals surface area contributed by atoms with Gasteiger partial charge in [0.1, 0.15) is 0 Å². The molecule has 0 unspecified atom stereocenters. The van der Waals surface area contributed by atoms with Crippen molar-refractivity contribution in [3.05, 3.63) is 34.4 Å². The average molecular weight is 288 g/mol. The number of non-ortho nitro benzene ring substituents is 1. The molecule has 9 heteroatoms. The predicted molar refractivity (Wildman–Crippen MR) is 70.0 cm³/mol. The van der Waals surface area contributed by atoms with Crippen LogP contribution in [0.25, 0.3) is 0 Å². The van der Waals surface area contributed by atoms with Gasteiger partial charge in [0.05, 0.1) is 9.82 Å². The van der Waals surface area contributed by atoms with Crippen molar-refractivity contribution < 1.29 is 13.3 Å². The summed E-state index contributed by atoms with van der Waals surface area (Å²) in [5.74, 6) is 0. The van der Waals surface area contributed by atoms with Crippen LogP contribution in [0.4, 0.5) is 5.69 Å². The van der Waals surface area contributed by atoms with E-state index in [1.807, 2.05) is 0 Å². The highest BCUT2D eigenvalue weighted by atomic mass is 32.2. The maximum atomic E-state index is 12.2. The van der Waals surface area contributed by atoms with Crippen LogP contribution in [0.2, 0.25) is 0 Å². The number of rotatable bonds is 7. The number of nitrogens with zero attached hydrogens (tertiary/aromatic N) is 2. The summed E-state index contributed by atoms with van der Waals surface area (Å²) in [6.45, 7) is 0.644. The summed E-state index contributed by atoms with van der Waals surface area (Å²) in [5.41, 5.74) is 10.6. The lowest BCUT2D eigenvalue weighted by Crippen LogP contribution is -2.38. The first-order valence-electron chi connectivity index (χ1n) is 5.58. The lowest BCUT2D eigenvalue weighted by Gasteiger charge is -2.20. The highest BCUT2D eigenvalue weighted by molar-refractivity contribution is 7.89. The van der Waals surface area contributed by atoms with Crippen molar-refractivity contribution in [1.29, 1.82) is 0 Å². The Hall–Kier alpha value is -1.55. The zero-order chi connectivity index (χ0) is 14.5. The van der Waals surface area contributed by atoms with Crippen LogP contribution in [0.1, 0.15) is 0 Å². The molecule has 0 heterocycles. The van der Waals surface area contributed by atoms with Gasteiger partial charge in [-0.3, -0.25) is 10.1 Å². The fourth-order valence-electron chi connectivity index (χ4n) is 1.53. The number of nitrogens with two attached hydrogens (primary N) is 2. The van der Waals surface area contributed by atoms with Crippen LogP contribution >= 0.6 is 0 Å². The molecule has 0 aliphatic rings. The molecule has 0 aliphatic carbocycles. The third-order valence-electron chi connectivity index (χ3n) is 2.44. The largest absolute Gasteiger partial charge is 0.329 e. The summed E-state index contributed by atoms with van der Waals surface area (Å²) in [5, 5.41) is 10.5. The number of sulfonamides is 1. The molecule has 0 amide bonds. The van der Waals surface area contributed by atoms with Crippen molar-refractivity contribution in [1.82, 2.24) is 4.31 Å². The maximum Gasteiger partial charge on any atom is 0.269 e. The molecule has 1 aromatic carbocycles. The van der Waals surface area contributed by atoms with Gasteiger partial charge < -0.3 is 11.5 Å². The van der Waals surface area contributed by atoms with Gasteiger partial charge in [-0.05, 0) is 12.1 Å². The first-order valence-corrected chi connectivity index (χ1v) is 7.02. The summed E-state index contributed by atoms with van der Waals surface area (Å²) >= 11 is 0. The summed E-state index contributed by atoms with van der Waals surface area (Å²) < 4.78 is 25.6. The monoisotopic (exact) mass is 288 g/mol. The Kier molecular flexibility index (Phi) is 5.36. The van der Waals surface area contributed by atoms with Gasteiger partial charge in [-0.1, -0.05) is 0 Å². The second kappa shape index (κ2) is 6.57. The molecule has 0 aromatic heterocycles. The van der Waals surface area contributed by atoms with Crippen molar-refractivity contribution in [2.24, 2.45) is 11.5 Å². The summed E-state index contributed by atoms with van der Waals surface area (Å²) in [7, 11) is -3.72. The molecule has 1 aromatic rings. The van der Waals surface area contributed by atoms with E-state index in [0.29, 0.717) is 0 Å². The molecule has 0 atom stereocenters. The molecule has 1 rings (SSSR count). The van der Waals surface area contributed by atoms with Crippen LogP contribution in [0, 0.1) is 10.1 Å². The van der Waals surface area contributed by atoms with E-state index in [4.69, 9.17) is 11.5 Å². The van der Waals surface area contributed by atoms with E-state index in [-0.39, 0.29) is 36.8 Å². The summed E-state index contributed by atoms with van der Waals surface area (Å²) in [6.07, 6.45) is 0. The standard InChI is InChI=1S/C10H16N4O4S/c11-5-7-13(8-6-12)19(17,18)10-3-1-9(2-4-10)14(15)16/h1-4H,5-8,11-12H2. The van der Waals surface area contributed by atoms with Gasteiger partial charge in [-0.2, -0.15) is 4.31 Å². The molecule has 0 saturated carbocycles. The first-order chi connectivity index (χ1) is 8.93. The van der Waals surface area contributed by atoms with Gasteiger partial charge in [0.25, 0.3) is 5.69 Å². The van der Waals surface area contributed by atoms with Gasteiger partial charge in [-0.15, -0.1) is 0 Å². The van der Waals surface area contributed by atoms with Crippen LogP contribution in [0.3, 0.4) is 0 Å². The fourth-order valence-corrected chi connectivity index (χ4v) is 3.00. The number of benzene rings is 1. The maximum absolute atomic E-state index is 12.2. The van der Waals surface area contributed by atoms with Gasteiger partial charge in [-0.25, -0.2) is 8.42 Å². The Morgan fingerprint density at radius 2 is 1.58 bits per heavy atom. The van der Waals surface area contributed by atoms with Crippen LogP contribution in [-0.2, 0) is 10.0 Å². The van der Waals surface area contributed by atoms with Gasteiger partial charge in [0, 0.05) is 38.3 Å². The summed E-state index contributed by atoms with van der Waals surface area (Å²) in [6, 6.07) is 4.70. The highest BCUT2D eigenvalue weighted by Crippen LogP contribution is 2.19. The Bertz CT molecular complexity index is 523. The van der Waals surface area contributed by atoms with Gasteiger partial charge in [0.15, 0.2) is 0 Å². The molecule has 0 spiro atoms. The van der Waals surface area contributed by atoms with Crippen molar-refractivity contribution in [2.75, 3.05) is 26.2 Å². The van der Waals surface area contributed by atoms with E-state index in [1.54, 1.807) is 0 Å². The second-order valence-electron chi connectivity index (χ2n) is 3.73. The fraction of sp³-hybridized carbons (Fsp3) is 0.400. The molecule has 0 aliphatic heterocycles. The van der Waals surface area contributed by atoms with E-state index >= 15 is 0 Å². The number of nitro benzene ring substituents is 1. The number of hydrogen-bond acceptors (Lipinski definition) is 6. The Morgan fingerprint density at radius 1 is 1.11 bits per heavy atom. The Morgan fingerprint density at radius 3 is 1.95 bits per heavy atom. The molecule has 0 radical (unpaired) electrons. The van der Waals surface area contributed by atoms with E-state index in [0.717, 1.165) is 16.4 Å². The van der Waals surface area contributed by atoms with Crippen molar-refractivity contribution in [2.45, 2.75) is 4.90 Å². The minimum atomic E-state index is -3.72. The van der Waals surface area contributed by atoms with Gasteiger partial charge >= 0.3 is 0 Å². The normalized spacial score (nSPS) is 11.7. The van der Waals surface area contributed by atoms with Crippen molar-refractivity contribution in [3.63, 3.8) is 0 Å². The lowest BCUT2D eigenvalue weighted by molar-refractivity contribution is -0.384. The molecule has 0 bridgehead atoms. The number of nitro groups is 1. The molecule has 106 valence electrons. The molecule has 0 saturated heterocycles. The lowest BCUT2D eigenvalue weighted by atomic mass is 10.3. The van der Waals surface area contributed by atoms with Crippen LogP contribution in [0.15, 0.2) is 29.2 Å². The molecule has 19 heavy (non-hydrogen) atoms. The molecule has 0 fully saturated rings. The quantitative estimate of drug-likeness (QED) is 0.513. The molecule has 8 nitrogen and oxygen atoms in total. The topological polar surface area (TPSA) is 133 Å². The first kappa shape index (κ1) is 15.5. The highest BCUT2D eigenvalue weighted by Gasteiger charge is 2.23. The zero-order valence-electron chi connectivity index (χ0n) is 10.2. The predicted octanol–water partition coefficient (Wildman–Crippen LogP) is -0.497. The summed E-state index contributed by atoms with van der Waals surface area (Å²) in [4.78, 5) is 9.91. The zero-order valence-corrected chi connectivity index (χ0v) is 11.0. The second-order valence-corrected chi connectivity index (χ2v) is 5.67. The van der Waals surface area contributed by atoms with Gasteiger partial charge in [0.2, 0.25) is 10.0 Å². The molecular weight excluding hydrogens is 272 g/mol. The minimum absolute atomic E-state index is 0.0139. The smallest absolute Gasteiger partial charge is 0.269 e. The Balaban J connectivity index is 3.07. The number of hydrogen-bond donors (Lipinski definition) is 2. The molecule has 4 N–H and O–H groups in total. The van der Waals surface area contributed by atoms with E-state index in [1.165, 1.54) is 12.1 Å². The van der Waals surface area contributed by atoms with Crippen LogP contribution in [0.5, 0.6) is 0 Å². The average Bonchev–Trinajstić information content (AvgIpc) is 2.38. The molecular formula is C10H16N4O4S. The SMILES string of the molecule is NCCN(CCN)S(=O)(=O)c1ccc([N+](=O)[O-])cc1.